The van der Waals surface area contributed by atoms with Crippen molar-refractivity contribution in [2.24, 2.45) is 17.4 Å². The number of carbonyl (C=O) groups is 4. The van der Waals surface area contributed by atoms with E-state index in [2.05, 4.69) is 137 Å². The molecule has 1 saturated carbocycles. The van der Waals surface area contributed by atoms with E-state index in [1.165, 1.54) is 0 Å². The molecule has 0 bridgehead atoms. The summed E-state index contributed by atoms with van der Waals surface area (Å²) in [6, 6.07) is 23.3. The number of pyridine rings is 4. The molecular weight excluding hydrogens is 1660 g/mol. The van der Waals surface area contributed by atoms with E-state index in [0.29, 0.717) is 76.0 Å². The van der Waals surface area contributed by atoms with Gasteiger partial charge in [0.25, 0.3) is 0 Å². The molecule has 1 atom stereocenters. The number of fused-ring (bicyclic) bond motifs is 4. The number of urea groups is 2. The first-order valence-corrected chi connectivity index (χ1v) is 40.0. The molecule has 34 heteroatoms. The van der Waals surface area contributed by atoms with E-state index < -0.39 is 0 Å². The van der Waals surface area contributed by atoms with Crippen LogP contribution in [0.15, 0.2) is 165 Å². The highest BCUT2D eigenvalue weighted by atomic mass is 79.9. The van der Waals surface area contributed by atoms with Crippen molar-refractivity contribution in [1.29, 1.82) is 0 Å². The summed E-state index contributed by atoms with van der Waals surface area (Å²) < 4.78 is 10.6. The maximum absolute atomic E-state index is 12.3. The number of rotatable bonds is 17. The molecule has 30 nitrogen and oxygen atoms in total. The van der Waals surface area contributed by atoms with Crippen LogP contribution >= 0.6 is 63.7 Å². The van der Waals surface area contributed by atoms with Crippen LogP contribution in [0.4, 0.5) is 32.9 Å². The van der Waals surface area contributed by atoms with E-state index in [1.807, 2.05) is 104 Å². The molecule has 5 fully saturated rings. The Kier molecular flexibility index (Phi) is 24.7. The van der Waals surface area contributed by atoms with E-state index in [9.17, 15) is 19.2 Å². The van der Waals surface area contributed by atoms with Crippen molar-refractivity contribution in [3.8, 4) is 0 Å². The van der Waals surface area contributed by atoms with Crippen LogP contribution < -0.4 is 32.7 Å². The SMILES string of the molecule is CC(=O)N1CCC(c2cc(NCc3cccnc3)n3ncc(Br)c3n2)CC1.NC(=O)N1CCC(c2cc(NCc3cccnc3)n3ncc(Br)c3n2)CC1.NC(=O)N1CCCC(c2cc(NCc3cccnc3)n3ncc(Br)c3n2)C1.O=C(C1CC1)N1CCC(c2cc(NCc3cccnc3)n3ncc(Br)c3n2)CC1. The standard InChI is InChI=1S/C21H23BrN6O.C19H21BrN6O.2C18H20BrN7O/c22-17-13-25-28-19(24-12-14-2-1-7-23-11-14)10-18(26-20(17)28)15-5-8-27(9-6-15)21(29)16-3-4-16;1-13(27)25-7-4-15(5-8-25)17-9-18(22-11-14-3-2-6-21-10-14)26-19(24-17)16(20)12-23-26;19-14-10-23-26-16(22-9-12-3-1-5-21-8-12)7-15(24-17(14)26)13-4-2-6-25(11-13)18(20)27;19-14-11-23-26-16(22-10-12-2-1-5-21-9-12)8-15(24-17(14)26)13-3-6-25(7-4-13)18(20)27/h1-2,7,10-11,13,15-16,24H,3-6,8-9,12H2;2-3,6,9-10,12,15,22H,4-5,7-8,11H2,1H3;1,3,5,7-8,10,13,22H,2,4,6,9,11H2,(H2,20,27);1-2,5,8-9,11,13,22H,3-4,6-7,10H2,(H2,20,27). The summed E-state index contributed by atoms with van der Waals surface area (Å²) in [5.41, 5.74) is 22.4. The number of aromatic nitrogens is 16. The van der Waals surface area contributed by atoms with Crippen LogP contribution in [0.1, 0.15) is 140 Å². The first kappa shape index (κ1) is 76.4. The third-order valence-electron chi connectivity index (χ3n) is 20.5. The topological polar surface area (TPSA) is 354 Å². The minimum atomic E-state index is -0.374. The second-order valence-electron chi connectivity index (χ2n) is 27.9. The predicted octanol–water partition coefficient (Wildman–Crippen LogP) is 12.4. The van der Waals surface area contributed by atoms with Gasteiger partial charge < -0.3 is 52.3 Å². The minimum absolute atomic E-state index is 0.147. The number of piperidine rings is 4. The Labute approximate surface area is 668 Å². The molecule has 5 aliphatic rings. The van der Waals surface area contributed by atoms with Crippen LogP contribution in [0, 0.1) is 5.92 Å². The van der Waals surface area contributed by atoms with Crippen LogP contribution in [-0.4, -0.2) is 174 Å². The van der Waals surface area contributed by atoms with Gasteiger partial charge in [-0.05, 0) is 174 Å². The van der Waals surface area contributed by atoms with Gasteiger partial charge in [0.2, 0.25) is 11.8 Å². The quantitative estimate of drug-likeness (QED) is 0.0493. The summed E-state index contributed by atoms with van der Waals surface area (Å²) in [6.45, 7) is 10.1. The molecule has 570 valence electrons. The largest absolute Gasteiger partial charge is 0.366 e. The molecule has 0 radical (unpaired) electrons. The van der Waals surface area contributed by atoms with E-state index in [1.54, 1.807) is 75.3 Å². The molecule has 4 aliphatic heterocycles. The van der Waals surface area contributed by atoms with Crippen molar-refractivity contribution in [2.45, 2.75) is 121 Å². The predicted molar refractivity (Wildman–Crippen MR) is 431 cm³/mol. The zero-order valence-electron chi connectivity index (χ0n) is 60.5. The van der Waals surface area contributed by atoms with Crippen molar-refractivity contribution in [3.05, 3.63) is 210 Å². The zero-order valence-corrected chi connectivity index (χ0v) is 66.9. The van der Waals surface area contributed by atoms with Crippen LogP contribution in [0.5, 0.6) is 0 Å². The zero-order chi connectivity index (χ0) is 76.2. The van der Waals surface area contributed by atoms with Crippen molar-refractivity contribution < 1.29 is 19.2 Å². The fourth-order valence-corrected chi connectivity index (χ4v) is 15.6. The van der Waals surface area contributed by atoms with Crippen molar-refractivity contribution >= 4 is 133 Å². The summed E-state index contributed by atoms with van der Waals surface area (Å²) in [5.74, 6) is 5.46. The second-order valence-corrected chi connectivity index (χ2v) is 31.3. The highest BCUT2D eigenvalue weighted by Gasteiger charge is 2.36. The fourth-order valence-electron chi connectivity index (χ4n) is 14.2. The number of nitrogens with one attached hydrogen (secondary N) is 4. The molecule has 110 heavy (non-hydrogen) atoms. The van der Waals surface area contributed by atoms with Gasteiger partial charge in [-0.1, -0.05) is 24.3 Å². The number of nitrogens with two attached hydrogens (primary N) is 2. The summed E-state index contributed by atoms with van der Waals surface area (Å²) >= 11 is 14.2. The summed E-state index contributed by atoms with van der Waals surface area (Å²) in [5, 5.41) is 31.5. The Morgan fingerprint density at radius 2 is 0.700 bits per heavy atom. The van der Waals surface area contributed by atoms with Gasteiger partial charge in [0, 0.05) is 206 Å². The number of halogens is 4. The Morgan fingerprint density at radius 1 is 0.391 bits per heavy atom. The Hall–Kier alpha value is -10.3. The molecule has 1 aliphatic carbocycles. The maximum Gasteiger partial charge on any atom is 0.314 e. The van der Waals surface area contributed by atoms with Gasteiger partial charge in [0.05, 0.1) is 48.4 Å². The third-order valence-corrected chi connectivity index (χ3v) is 22.7. The van der Waals surface area contributed by atoms with Gasteiger partial charge in [0.15, 0.2) is 22.6 Å². The number of likely N-dealkylation sites (tertiary alicyclic amines) is 4. The van der Waals surface area contributed by atoms with E-state index in [0.717, 1.165) is 199 Å². The van der Waals surface area contributed by atoms with Crippen LogP contribution in [-0.2, 0) is 35.8 Å². The van der Waals surface area contributed by atoms with Crippen LogP contribution in [0.2, 0.25) is 0 Å². The van der Waals surface area contributed by atoms with Gasteiger partial charge >= 0.3 is 12.1 Å². The van der Waals surface area contributed by atoms with E-state index >= 15 is 0 Å². The number of nitrogens with zero attached hydrogens (tertiary/aromatic N) is 20. The molecule has 4 saturated heterocycles. The summed E-state index contributed by atoms with van der Waals surface area (Å²) in [7, 11) is 0. The molecular formula is C76H84Br4N26O4. The number of hydrogen-bond acceptors (Lipinski definition) is 20. The molecule has 0 aromatic carbocycles. The third kappa shape index (κ3) is 18.7. The Bertz CT molecular complexity index is 5010. The Balaban J connectivity index is 0.000000122. The number of carbonyl (C=O) groups excluding carboxylic acids is 4. The fraction of sp³-hybridized carbons (Fsp3) is 0.368. The van der Waals surface area contributed by atoms with E-state index in [-0.39, 0.29) is 29.8 Å². The van der Waals surface area contributed by atoms with Gasteiger partial charge in [-0.3, -0.25) is 29.5 Å². The molecule has 8 N–H and O–H groups in total. The average molecular weight is 1750 g/mol. The van der Waals surface area contributed by atoms with Crippen molar-refractivity contribution in [1.82, 2.24) is 97.9 Å². The van der Waals surface area contributed by atoms with Crippen molar-refractivity contribution in [2.75, 3.05) is 73.6 Å². The van der Waals surface area contributed by atoms with E-state index in [4.69, 9.17) is 31.4 Å². The molecule has 0 spiro atoms. The first-order chi connectivity index (χ1) is 53.5. The van der Waals surface area contributed by atoms with Crippen LogP contribution in [0.3, 0.4) is 0 Å². The number of anilines is 4. The lowest BCUT2D eigenvalue weighted by Crippen LogP contribution is -2.42. The highest BCUT2D eigenvalue weighted by molar-refractivity contribution is 9.11. The monoisotopic (exact) mass is 1740 g/mol. The number of hydrogen-bond donors (Lipinski definition) is 6. The Morgan fingerprint density at radius 3 is 0.991 bits per heavy atom. The van der Waals surface area contributed by atoms with Gasteiger partial charge in [-0.2, -0.15) is 38.5 Å². The van der Waals surface area contributed by atoms with Gasteiger partial charge in [-0.25, -0.2) is 29.5 Å². The lowest BCUT2D eigenvalue weighted by Gasteiger charge is -2.32. The number of amides is 6. The normalized spacial score (nSPS) is 16.4. The van der Waals surface area contributed by atoms with Crippen molar-refractivity contribution in [3.63, 3.8) is 0 Å². The lowest BCUT2D eigenvalue weighted by molar-refractivity contribution is -0.133. The van der Waals surface area contributed by atoms with Gasteiger partial charge in [0.1, 0.15) is 23.3 Å². The lowest BCUT2D eigenvalue weighted by atomic mass is 9.93. The molecule has 12 aromatic heterocycles. The summed E-state index contributed by atoms with van der Waals surface area (Å²) in [6.07, 6.45) is 30.9. The molecule has 6 amide bonds. The minimum Gasteiger partial charge on any atom is -0.366 e. The molecule has 16 heterocycles. The second kappa shape index (κ2) is 35.6. The average Bonchev–Trinajstić information content (AvgIpc) is 1.63. The first-order valence-electron chi connectivity index (χ1n) is 36.8. The molecule has 17 rings (SSSR count). The number of primary amides is 2. The smallest absolute Gasteiger partial charge is 0.314 e. The molecule has 12 aromatic rings. The maximum atomic E-state index is 12.3. The van der Waals surface area contributed by atoms with Gasteiger partial charge in [-0.15, -0.1) is 0 Å². The molecule has 1 unspecified atom stereocenters. The summed E-state index contributed by atoms with van der Waals surface area (Å²) in [4.78, 5) is 90.1. The van der Waals surface area contributed by atoms with Crippen LogP contribution in [0.25, 0.3) is 22.6 Å². The highest BCUT2D eigenvalue weighted by Crippen LogP contribution is 2.38.